The first-order valence-corrected chi connectivity index (χ1v) is 5.36. The summed E-state index contributed by atoms with van der Waals surface area (Å²) in [7, 11) is 0. The Labute approximate surface area is 99.5 Å². The first-order chi connectivity index (χ1) is 8.05. The lowest BCUT2D eigenvalue weighted by Gasteiger charge is -2.26. The van der Waals surface area contributed by atoms with Crippen LogP contribution in [0.15, 0.2) is 42.7 Å². The zero-order valence-electron chi connectivity index (χ0n) is 9.79. The fourth-order valence-electron chi connectivity index (χ4n) is 1.77. The molecule has 0 aliphatic rings. The first-order valence-electron chi connectivity index (χ1n) is 5.36. The molecule has 1 heterocycles. The molecule has 1 aromatic heterocycles. The van der Waals surface area contributed by atoms with Gasteiger partial charge in [0.15, 0.2) is 5.54 Å². The van der Waals surface area contributed by atoms with Crippen LogP contribution in [0.1, 0.15) is 18.1 Å². The predicted octanol–water partition coefficient (Wildman–Crippen LogP) is 2.04. The van der Waals surface area contributed by atoms with Gasteiger partial charge in [0.05, 0.1) is 0 Å². The van der Waals surface area contributed by atoms with Crippen LogP contribution in [-0.4, -0.2) is 20.9 Å². The second-order valence-corrected chi connectivity index (χ2v) is 4.19. The van der Waals surface area contributed by atoms with Crippen molar-refractivity contribution in [3.05, 3.63) is 53.9 Å². The Morgan fingerprint density at radius 3 is 2.47 bits per heavy atom. The van der Waals surface area contributed by atoms with Crippen molar-refractivity contribution in [3.8, 4) is 0 Å². The standard InChI is InChI=1S/C13H14N2O2/c1-10-4-6-11(7-5-10)13(2,12(16)17)15-9-3-8-14-15/h3-9H,1-2H3,(H,16,17). The van der Waals surface area contributed by atoms with Crippen LogP contribution in [0.2, 0.25) is 0 Å². The van der Waals surface area contributed by atoms with Crippen LogP contribution in [0, 0.1) is 6.92 Å². The molecule has 17 heavy (non-hydrogen) atoms. The van der Waals surface area contributed by atoms with Crippen molar-refractivity contribution in [1.82, 2.24) is 9.78 Å². The van der Waals surface area contributed by atoms with Crippen molar-refractivity contribution in [2.45, 2.75) is 19.4 Å². The van der Waals surface area contributed by atoms with Crippen LogP contribution >= 0.6 is 0 Å². The zero-order valence-corrected chi connectivity index (χ0v) is 9.79. The molecule has 1 atom stereocenters. The average Bonchev–Trinajstić information content (AvgIpc) is 2.82. The van der Waals surface area contributed by atoms with E-state index in [0.29, 0.717) is 5.56 Å². The van der Waals surface area contributed by atoms with Gasteiger partial charge in [-0.05, 0) is 25.5 Å². The predicted molar refractivity (Wildman–Crippen MR) is 63.8 cm³/mol. The Morgan fingerprint density at radius 2 is 2.00 bits per heavy atom. The van der Waals surface area contributed by atoms with E-state index in [1.54, 1.807) is 25.4 Å². The van der Waals surface area contributed by atoms with E-state index < -0.39 is 11.5 Å². The molecule has 0 saturated heterocycles. The van der Waals surface area contributed by atoms with E-state index in [1.807, 2.05) is 31.2 Å². The molecule has 4 heteroatoms. The van der Waals surface area contributed by atoms with Crippen molar-refractivity contribution in [2.24, 2.45) is 0 Å². The third-order valence-electron chi connectivity index (χ3n) is 2.99. The molecule has 2 rings (SSSR count). The molecule has 0 fully saturated rings. The van der Waals surface area contributed by atoms with Gasteiger partial charge in [-0.2, -0.15) is 5.10 Å². The fourth-order valence-corrected chi connectivity index (χ4v) is 1.77. The van der Waals surface area contributed by atoms with Gasteiger partial charge in [0.1, 0.15) is 0 Å². The lowest BCUT2D eigenvalue weighted by atomic mass is 9.91. The number of benzene rings is 1. The minimum absolute atomic E-state index is 0.708. The number of hydrogen-bond acceptors (Lipinski definition) is 2. The van der Waals surface area contributed by atoms with Crippen molar-refractivity contribution >= 4 is 5.97 Å². The van der Waals surface area contributed by atoms with Crippen LogP contribution in [-0.2, 0) is 10.3 Å². The SMILES string of the molecule is Cc1ccc(C(C)(C(=O)O)n2cccn2)cc1. The monoisotopic (exact) mass is 230 g/mol. The van der Waals surface area contributed by atoms with Crippen molar-refractivity contribution < 1.29 is 9.90 Å². The number of aliphatic carboxylic acids is 1. The topological polar surface area (TPSA) is 55.1 Å². The number of carboxylic acid groups (broad SMARTS) is 1. The molecule has 2 aromatic rings. The highest BCUT2D eigenvalue weighted by atomic mass is 16.4. The lowest BCUT2D eigenvalue weighted by molar-refractivity contribution is -0.144. The zero-order chi connectivity index (χ0) is 12.5. The van der Waals surface area contributed by atoms with Gasteiger partial charge in [0.25, 0.3) is 0 Å². The number of aromatic nitrogens is 2. The Hall–Kier alpha value is -2.10. The molecule has 0 aliphatic heterocycles. The Bertz CT molecular complexity index is 517. The normalized spacial score (nSPS) is 14.2. The Kier molecular flexibility index (Phi) is 2.71. The molecule has 1 N–H and O–H groups in total. The third-order valence-corrected chi connectivity index (χ3v) is 2.99. The highest BCUT2D eigenvalue weighted by Crippen LogP contribution is 2.25. The number of carbonyl (C=O) groups is 1. The molecule has 0 radical (unpaired) electrons. The van der Waals surface area contributed by atoms with Gasteiger partial charge in [-0.25, -0.2) is 4.79 Å². The van der Waals surface area contributed by atoms with E-state index in [-0.39, 0.29) is 0 Å². The average molecular weight is 230 g/mol. The summed E-state index contributed by atoms with van der Waals surface area (Å²) in [5.41, 5.74) is 0.637. The molecular weight excluding hydrogens is 216 g/mol. The maximum atomic E-state index is 11.5. The summed E-state index contributed by atoms with van der Waals surface area (Å²) in [5, 5.41) is 13.5. The van der Waals surface area contributed by atoms with E-state index in [1.165, 1.54) is 4.68 Å². The molecule has 4 nitrogen and oxygen atoms in total. The van der Waals surface area contributed by atoms with Gasteiger partial charge in [-0.15, -0.1) is 0 Å². The number of rotatable bonds is 3. The van der Waals surface area contributed by atoms with E-state index >= 15 is 0 Å². The number of nitrogens with zero attached hydrogens (tertiary/aromatic N) is 2. The quantitative estimate of drug-likeness (QED) is 0.877. The van der Waals surface area contributed by atoms with Crippen LogP contribution in [0.25, 0.3) is 0 Å². The van der Waals surface area contributed by atoms with E-state index in [2.05, 4.69) is 5.10 Å². The molecule has 0 spiro atoms. The molecule has 0 saturated carbocycles. The maximum absolute atomic E-state index is 11.5. The summed E-state index contributed by atoms with van der Waals surface area (Å²) in [6.07, 6.45) is 3.24. The molecule has 88 valence electrons. The molecular formula is C13H14N2O2. The molecule has 0 bridgehead atoms. The Balaban J connectivity index is 2.56. The van der Waals surface area contributed by atoms with Crippen molar-refractivity contribution in [2.75, 3.05) is 0 Å². The minimum atomic E-state index is -1.17. The van der Waals surface area contributed by atoms with Gasteiger partial charge in [-0.1, -0.05) is 29.8 Å². The Morgan fingerprint density at radius 1 is 1.35 bits per heavy atom. The second-order valence-electron chi connectivity index (χ2n) is 4.19. The van der Waals surface area contributed by atoms with Crippen molar-refractivity contribution in [3.63, 3.8) is 0 Å². The largest absolute Gasteiger partial charge is 0.479 e. The molecule has 1 aromatic carbocycles. The minimum Gasteiger partial charge on any atom is -0.479 e. The van der Waals surface area contributed by atoms with Crippen molar-refractivity contribution in [1.29, 1.82) is 0 Å². The van der Waals surface area contributed by atoms with Gasteiger partial charge < -0.3 is 5.11 Å². The molecule has 0 amide bonds. The van der Waals surface area contributed by atoms with Gasteiger partial charge in [0.2, 0.25) is 0 Å². The summed E-state index contributed by atoms with van der Waals surface area (Å²) < 4.78 is 1.46. The summed E-state index contributed by atoms with van der Waals surface area (Å²) in [6, 6.07) is 9.17. The third kappa shape index (κ3) is 1.82. The van der Waals surface area contributed by atoms with E-state index in [9.17, 15) is 9.90 Å². The molecule has 0 aliphatic carbocycles. The summed E-state index contributed by atoms with van der Waals surface area (Å²) in [6.45, 7) is 3.61. The smallest absolute Gasteiger partial charge is 0.336 e. The maximum Gasteiger partial charge on any atom is 0.336 e. The lowest BCUT2D eigenvalue weighted by Crippen LogP contribution is -2.40. The summed E-state index contributed by atoms with van der Waals surface area (Å²) in [4.78, 5) is 11.5. The van der Waals surface area contributed by atoms with Gasteiger partial charge in [0, 0.05) is 12.4 Å². The second kappa shape index (κ2) is 4.05. The number of aryl methyl sites for hydroxylation is 1. The van der Waals surface area contributed by atoms with E-state index in [0.717, 1.165) is 5.56 Å². The van der Waals surface area contributed by atoms with Crippen LogP contribution < -0.4 is 0 Å². The van der Waals surface area contributed by atoms with Gasteiger partial charge in [-0.3, -0.25) is 4.68 Å². The fraction of sp³-hybridized carbons (Fsp3) is 0.231. The molecule has 1 unspecified atom stereocenters. The van der Waals surface area contributed by atoms with Crippen LogP contribution in [0.3, 0.4) is 0 Å². The number of carboxylic acids is 1. The highest BCUT2D eigenvalue weighted by Gasteiger charge is 2.37. The van der Waals surface area contributed by atoms with E-state index in [4.69, 9.17) is 0 Å². The first kappa shape index (κ1) is 11.4. The number of hydrogen-bond donors (Lipinski definition) is 1. The summed E-state index contributed by atoms with van der Waals surface area (Å²) in [5.74, 6) is -0.926. The van der Waals surface area contributed by atoms with Crippen LogP contribution in [0.4, 0.5) is 0 Å². The van der Waals surface area contributed by atoms with Crippen LogP contribution in [0.5, 0.6) is 0 Å². The summed E-state index contributed by atoms with van der Waals surface area (Å²) >= 11 is 0. The highest BCUT2D eigenvalue weighted by molar-refractivity contribution is 5.80. The van der Waals surface area contributed by atoms with Gasteiger partial charge >= 0.3 is 5.97 Å².